The Morgan fingerprint density at radius 1 is 1.15 bits per heavy atom. The van der Waals surface area contributed by atoms with E-state index in [4.69, 9.17) is 4.74 Å². The number of hydrogen-bond donors (Lipinski definition) is 0. The Morgan fingerprint density at radius 2 is 1.85 bits per heavy atom. The third kappa shape index (κ3) is 4.08. The SMILES string of the molecule is CCOC(=O)[C@H]1CN(Cc2ccccc2)C[C@@H]1c1ccc([N+](=O)[O-])cc1. The molecule has 2 aromatic rings. The van der Waals surface area contributed by atoms with Crippen LogP contribution in [0.4, 0.5) is 5.69 Å². The van der Waals surface area contributed by atoms with Crippen molar-refractivity contribution in [2.45, 2.75) is 19.4 Å². The summed E-state index contributed by atoms with van der Waals surface area (Å²) in [6, 6.07) is 16.6. The predicted molar refractivity (Wildman–Crippen MR) is 97.7 cm³/mol. The molecule has 0 spiro atoms. The topological polar surface area (TPSA) is 72.7 Å². The number of hydrogen-bond acceptors (Lipinski definition) is 5. The highest BCUT2D eigenvalue weighted by Crippen LogP contribution is 2.35. The van der Waals surface area contributed by atoms with E-state index in [0.717, 1.165) is 18.7 Å². The molecule has 3 rings (SSSR count). The van der Waals surface area contributed by atoms with Crippen molar-refractivity contribution in [3.8, 4) is 0 Å². The molecule has 1 aliphatic heterocycles. The summed E-state index contributed by atoms with van der Waals surface area (Å²) in [5.41, 5.74) is 2.18. The summed E-state index contributed by atoms with van der Waals surface area (Å²) < 4.78 is 5.26. The van der Waals surface area contributed by atoms with Gasteiger partial charge in [0.05, 0.1) is 17.4 Å². The van der Waals surface area contributed by atoms with Crippen molar-refractivity contribution in [3.63, 3.8) is 0 Å². The van der Waals surface area contributed by atoms with Crippen LogP contribution in [0.3, 0.4) is 0 Å². The van der Waals surface area contributed by atoms with Crippen LogP contribution in [0, 0.1) is 16.0 Å². The first-order valence-corrected chi connectivity index (χ1v) is 8.75. The van der Waals surface area contributed by atoms with E-state index in [2.05, 4.69) is 17.0 Å². The molecule has 0 bridgehead atoms. The van der Waals surface area contributed by atoms with Crippen LogP contribution in [0.15, 0.2) is 54.6 Å². The number of likely N-dealkylation sites (tertiary alicyclic amines) is 1. The maximum Gasteiger partial charge on any atom is 0.310 e. The zero-order valence-electron chi connectivity index (χ0n) is 14.7. The second kappa shape index (κ2) is 8.10. The van der Waals surface area contributed by atoms with E-state index in [-0.39, 0.29) is 23.5 Å². The molecule has 1 aliphatic rings. The second-order valence-corrected chi connectivity index (χ2v) is 6.49. The van der Waals surface area contributed by atoms with E-state index in [0.29, 0.717) is 13.2 Å². The third-order valence-corrected chi connectivity index (χ3v) is 4.77. The number of carbonyl (C=O) groups excluding carboxylic acids is 1. The van der Waals surface area contributed by atoms with Gasteiger partial charge in [-0.1, -0.05) is 42.5 Å². The monoisotopic (exact) mass is 354 g/mol. The van der Waals surface area contributed by atoms with E-state index in [1.807, 2.05) is 18.2 Å². The molecule has 0 N–H and O–H groups in total. The van der Waals surface area contributed by atoms with Crippen LogP contribution in [0.1, 0.15) is 24.0 Å². The summed E-state index contributed by atoms with van der Waals surface area (Å²) in [7, 11) is 0. The van der Waals surface area contributed by atoms with Gasteiger partial charge in [-0.2, -0.15) is 0 Å². The number of carbonyl (C=O) groups is 1. The van der Waals surface area contributed by atoms with Gasteiger partial charge in [-0.25, -0.2) is 0 Å². The lowest BCUT2D eigenvalue weighted by atomic mass is 9.89. The second-order valence-electron chi connectivity index (χ2n) is 6.49. The molecule has 0 aliphatic carbocycles. The molecular weight excluding hydrogens is 332 g/mol. The molecule has 26 heavy (non-hydrogen) atoms. The molecule has 2 aromatic carbocycles. The number of rotatable bonds is 6. The number of ether oxygens (including phenoxy) is 1. The van der Waals surface area contributed by atoms with E-state index < -0.39 is 4.92 Å². The first-order chi connectivity index (χ1) is 12.6. The van der Waals surface area contributed by atoms with Crippen molar-refractivity contribution in [2.75, 3.05) is 19.7 Å². The van der Waals surface area contributed by atoms with Crippen LogP contribution in [-0.2, 0) is 16.1 Å². The fourth-order valence-corrected chi connectivity index (χ4v) is 3.53. The van der Waals surface area contributed by atoms with Gasteiger partial charge in [-0.05, 0) is 18.1 Å². The zero-order chi connectivity index (χ0) is 18.5. The minimum Gasteiger partial charge on any atom is -0.466 e. The summed E-state index contributed by atoms with van der Waals surface area (Å²) in [6.45, 7) is 4.25. The third-order valence-electron chi connectivity index (χ3n) is 4.77. The first-order valence-electron chi connectivity index (χ1n) is 8.75. The molecular formula is C20H22N2O4. The van der Waals surface area contributed by atoms with E-state index in [1.165, 1.54) is 17.7 Å². The Labute approximate surface area is 152 Å². The Bertz CT molecular complexity index is 761. The van der Waals surface area contributed by atoms with Gasteiger partial charge in [0, 0.05) is 37.7 Å². The summed E-state index contributed by atoms with van der Waals surface area (Å²) in [4.78, 5) is 25.1. The van der Waals surface area contributed by atoms with Gasteiger partial charge in [0.1, 0.15) is 0 Å². The Morgan fingerprint density at radius 3 is 2.46 bits per heavy atom. The Hall–Kier alpha value is -2.73. The van der Waals surface area contributed by atoms with Crippen molar-refractivity contribution >= 4 is 11.7 Å². The van der Waals surface area contributed by atoms with Crippen molar-refractivity contribution in [2.24, 2.45) is 5.92 Å². The van der Waals surface area contributed by atoms with Crippen molar-refractivity contribution in [1.82, 2.24) is 4.90 Å². The maximum absolute atomic E-state index is 12.4. The number of nitrogens with zero attached hydrogens (tertiary/aromatic N) is 2. The number of nitro benzene ring substituents is 1. The van der Waals surface area contributed by atoms with Crippen LogP contribution in [-0.4, -0.2) is 35.5 Å². The molecule has 2 atom stereocenters. The van der Waals surface area contributed by atoms with Crippen LogP contribution in [0.2, 0.25) is 0 Å². The molecule has 0 aromatic heterocycles. The van der Waals surface area contributed by atoms with Crippen LogP contribution < -0.4 is 0 Å². The predicted octanol–water partition coefficient (Wildman–Crippen LogP) is 3.37. The molecule has 6 heteroatoms. The lowest BCUT2D eigenvalue weighted by molar-refractivity contribution is -0.384. The van der Waals surface area contributed by atoms with Crippen LogP contribution in [0.5, 0.6) is 0 Å². The molecule has 0 radical (unpaired) electrons. The molecule has 6 nitrogen and oxygen atoms in total. The highest BCUT2D eigenvalue weighted by atomic mass is 16.6. The van der Waals surface area contributed by atoms with Gasteiger partial charge in [0.2, 0.25) is 0 Å². The highest BCUT2D eigenvalue weighted by Gasteiger charge is 2.39. The summed E-state index contributed by atoms with van der Waals surface area (Å²) in [5, 5.41) is 10.9. The summed E-state index contributed by atoms with van der Waals surface area (Å²) >= 11 is 0. The minimum atomic E-state index is -0.414. The largest absolute Gasteiger partial charge is 0.466 e. The standard InChI is InChI=1S/C20H22N2O4/c1-2-26-20(23)19-14-21(12-15-6-4-3-5-7-15)13-18(19)16-8-10-17(11-9-16)22(24)25/h3-11,18-19H,2,12-14H2,1H3/t18-,19+/m1/s1. The fraction of sp³-hybridized carbons (Fsp3) is 0.350. The molecule has 0 amide bonds. The normalized spacial score (nSPS) is 20.0. The van der Waals surface area contributed by atoms with Crippen molar-refractivity contribution in [3.05, 3.63) is 75.8 Å². The smallest absolute Gasteiger partial charge is 0.310 e. The quantitative estimate of drug-likeness (QED) is 0.452. The maximum atomic E-state index is 12.4. The fourth-order valence-electron chi connectivity index (χ4n) is 3.53. The summed E-state index contributed by atoms with van der Waals surface area (Å²) in [6.07, 6.45) is 0. The number of benzene rings is 2. The molecule has 136 valence electrons. The lowest BCUT2D eigenvalue weighted by Gasteiger charge is -2.17. The number of esters is 1. The first kappa shape index (κ1) is 18.1. The lowest BCUT2D eigenvalue weighted by Crippen LogP contribution is -2.25. The number of nitro groups is 1. The molecule has 1 heterocycles. The number of non-ortho nitro benzene ring substituents is 1. The average Bonchev–Trinajstić information content (AvgIpc) is 3.07. The van der Waals surface area contributed by atoms with Gasteiger partial charge < -0.3 is 4.74 Å². The van der Waals surface area contributed by atoms with Crippen LogP contribution in [0.25, 0.3) is 0 Å². The van der Waals surface area contributed by atoms with Crippen molar-refractivity contribution in [1.29, 1.82) is 0 Å². The molecule has 1 fully saturated rings. The van der Waals surface area contributed by atoms with E-state index in [1.54, 1.807) is 19.1 Å². The average molecular weight is 354 g/mol. The van der Waals surface area contributed by atoms with E-state index >= 15 is 0 Å². The van der Waals surface area contributed by atoms with E-state index in [9.17, 15) is 14.9 Å². The Kier molecular flexibility index (Phi) is 5.63. The molecule has 1 saturated heterocycles. The van der Waals surface area contributed by atoms with Gasteiger partial charge in [-0.3, -0.25) is 19.8 Å². The highest BCUT2D eigenvalue weighted by molar-refractivity contribution is 5.74. The van der Waals surface area contributed by atoms with Gasteiger partial charge in [0.15, 0.2) is 0 Å². The Balaban J connectivity index is 1.80. The zero-order valence-corrected chi connectivity index (χ0v) is 14.7. The minimum absolute atomic E-state index is 0.0291. The van der Waals surface area contributed by atoms with Crippen LogP contribution >= 0.6 is 0 Å². The van der Waals surface area contributed by atoms with Gasteiger partial charge >= 0.3 is 5.97 Å². The summed E-state index contributed by atoms with van der Waals surface area (Å²) in [5.74, 6) is -0.495. The molecule has 0 unspecified atom stereocenters. The van der Waals surface area contributed by atoms with Gasteiger partial charge in [0.25, 0.3) is 5.69 Å². The molecule has 0 saturated carbocycles. The van der Waals surface area contributed by atoms with Gasteiger partial charge in [-0.15, -0.1) is 0 Å². The van der Waals surface area contributed by atoms with Crippen molar-refractivity contribution < 1.29 is 14.5 Å².